The number of carbonyl (C=O) groups excluding carboxylic acids is 1. The van der Waals surface area contributed by atoms with Crippen LogP contribution in [0.4, 0.5) is 13.6 Å². The molecule has 2 aromatic carbocycles. The van der Waals surface area contributed by atoms with Gasteiger partial charge < -0.3 is 15.4 Å². The van der Waals surface area contributed by atoms with E-state index >= 15 is 0 Å². The van der Waals surface area contributed by atoms with E-state index in [-0.39, 0.29) is 30.8 Å². The first kappa shape index (κ1) is 16.9. The van der Waals surface area contributed by atoms with E-state index in [1.807, 2.05) is 0 Å². The van der Waals surface area contributed by atoms with Crippen LogP contribution < -0.4 is 10.6 Å². The zero-order valence-corrected chi connectivity index (χ0v) is 12.7. The lowest BCUT2D eigenvalue weighted by Crippen LogP contribution is -2.37. The Kier molecular flexibility index (Phi) is 6.05. The molecule has 0 aliphatic heterocycles. The van der Waals surface area contributed by atoms with Crippen molar-refractivity contribution >= 4 is 6.03 Å². The van der Waals surface area contributed by atoms with E-state index in [1.165, 1.54) is 31.4 Å². The van der Waals surface area contributed by atoms with Gasteiger partial charge in [0.1, 0.15) is 11.6 Å². The van der Waals surface area contributed by atoms with Gasteiger partial charge in [0.05, 0.1) is 6.10 Å². The third-order valence-corrected chi connectivity index (χ3v) is 3.32. The molecule has 6 heteroatoms. The third kappa shape index (κ3) is 5.34. The van der Waals surface area contributed by atoms with Gasteiger partial charge in [-0.1, -0.05) is 24.3 Å². The summed E-state index contributed by atoms with van der Waals surface area (Å²) in [5.74, 6) is -0.679. The highest BCUT2D eigenvalue weighted by molar-refractivity contribution is 5.73. The third-order valence-electron chi connectivity index (χ3n) is 3.32. The van der Waals surface area contributed by atoms with Crippen LogP contribution >= 0.6 is 0 Å². The molecule has 0 heterocycles. The maximum atomic E-state index is 13.2. The molecule has 0 saturated carbocycles. The minimum Gasteiger partial charge on any atom is -0.375 e. The number of halogens is 2. The molecule has 0 aliphatic carbocycles. The lowest BCUT2D eigenvalue weighted by molar-refractivity contribution is 0.103. The maximum absolute atomic E-state index is 13.2. The number of methoxy groups -OCH3 is 1. The summed E-state index contributed by atoms with van der Waals surface area (Å²) in [6, 6.07) is 11.5. The van der Waals surface area contributed by atoms with Crippen molar-refractivity contribution in [3.63, 3.8) is 0 Å². The number of ether oxygens (including phenoxy) is 1. The predicted octanol–water partition coefficient (Wildman–Crippen LogP) is 3.15. The first-order chi connectivity index (χ1) is 11.1. The molecule has 122 valence electrons. The van der Waals surface area contributed by atoms with Crippen LogP contribution in [-0.4, -0.2) is 19.7 Å². The molecular weight excluding hydrogens is 302 g/mol. The van der Waals surface area contributed by atoms with Gasteiger partial charge in [0, 0.05) is 20.2 Å². The van der Waals surface area contributed by atoms with Crippen molar-refractivity contribution < 1.29 is 18.3 Å². The normalized spacial score (nSPS) is 11.8. The summed E-state index contributed by atoms with van der Waals surface area (Å²) in [4.78, 5) is 11.8. The van der Waals surface area contributed by atoms with Crippen LogP contribution in [0, 0.1) is 11.6 Å². The lowest BCUT2D eigenvalue weighted by Gasteiger charge is -2.17. The largest absolute Gasteiger partial charge is 0.375 e. The Bertz CT molecular complexity index is 647. The molecule has 1 atom stereocenters. The number of hydrogen-bond acceptors (Lipinski definition) is 2. The number of urea groups is 1. The summed E-state index contributed by atoms with van der Waals surface area (Å²) in [5.41, 5.74) is 1.43. The molecule has 2 N–H and O–H groups in total. The Hall–Kier alpha value is -2.47. The molecule has 2 amide bonds. The number of hydrogen-bond donors (Lipinski definition) is 2. The zero-order chi connectivity index (χ0) is 16.7. The molecule has 23 heavy (non-hydrogen) atoms. The second-order valence-corrected chi connectivity index (χ2v) is 4.97. The Morgan fingerprint density at radius 2 is 1.83 bits per heavy atom. The SMILES string of the molecule is COC(CNC(=O)NCc1ccc(F)cc1)c1cccc(F)c1. The average Bonchev–Trinajstić information content (AvgIpc) is 2.55. The smallest absolute Gasteiger partial charge is 0.315 e. The molecule has 0 bridgehead atoms. The van der Waals surface area contributed by atoms with Gasteiger partial charge in [-0.15, -0.1) is 0 Å². The van der Waals surface area contributed by atoms with Crippen LogP contribution in [0.15, 0.2) is 48.5 Å². The van der Waals surface area contributed by atoms with E-state index < -0.39 is 6.10 Å². The highest BCUT2D eigenvalue weighted by Gasteiger charge is 2.12. The Labute approximate surface area is 133 Å². The van der Waals surface area contributed by atoms with Crippen molar-refractivity contribution in [2.24, 2.45) is 0 Å². The Balaban J connectivity index is 1.81. The van der Waals surface area contributed by atoms with Crippen molar-refractivity contribution in [1.29, 1.82) is 0 Å². The molecule has 2 aromatic rings. The van der Waals surface area contributed by atoms with E-state index in [0.29, 0.717) is 5.56 Å². The van der Waals surface area contributed by atoms with E-state index in [1.54, 1.807) is 24.3 Å². The molecular formula is C17H18F2N2O2. The fraction of sp³-hybridized carbons (Fsp3) is 0.235. The minimum atomic E-state index is -0.442. The number of nitrogens with one attached hydrogen (secondary N) is 2. The monoisotopic (exact) mass is 320 g/mol. The molecule has 4 nitrogen and oxygen atoms in total. The van der Waals surface area contributed by atoms with E-state index in [2.05, 4.69) is 10.6 Å². The number of amides is 2. The summed E-state index contributed by atoms with van der Waals surface area (Å²) in [7, 11) is 1.49. The van der Waals surface area contributed by atoms with Gasteiger partial charge >= 0.3 is 6.03 Å². The van der Waals surface area contributed by atoms with Crippen LogP contribution in [-0.2, 0) is 11.3 Å². The summed E-state index contributed by atoms with van der Waals surface area (Å²) in [6.07, 6.45) is -0.442. The first-order valence-corrected chi connectivity index (χ1v) is 7.13. The second-order valence-electron chi connectivity index (χ2n) is 4.97. The van der Waals surface area contributed by atoms with E-state index in [9.17, 15) is 13.6 Å². The average molecular weight is 320 g/mol. The Morgan fingerprint density at radius 1 is 1.09 bits per heavy atom. The van der Waals surface area contributed by atoms with Gasteiger partial charge in [0.25, 0.3) is 0 Å². The van der Waals surface area contributed by atoms with Gasteiger partial charge in [-0.2, -0.15) is 0 Å². The van der Waals surface area contributed by atoms with Gasteiger partial charge in [-0.3, -0.25) is 0 Å². The number of benzene rings is 2. The van der Waals surface area contributed by atoms with Crippen molar-refractivity contribution in [3.8, 4) is 0 Å². The van der Waals surface area contributed by atoms with Crippen LogP contribution in [0.1, 0.15) is 17.2 Å². The topological polar surface area (TPSA) is 50.4 Å². The fourth-order valence-corrected chi connectivity index (χ4v) is 2.08. The van der Waals surface area contributed by atoms with Crippen LogP contribution in [0.25, 0.3) is 0 Å². The van der Waals surface area contributed by atoms with Gasteiger partial charge in [-0.05, 0) is 35.4 Å². The standard InChI is InChI=1S/C17H18F2N2O2/c1-23-16(13-3-2-4-15(19)9-13)11-21-17(22)20-10-12-5-7-14(18)8-6-12/h2-9,16H,10-11H2,1H3,(H2,20,21,22). The van der Waals surface area contributed by atoms with Crippen LogP contribution in [0.3, 0.4) is 0 Å². The van der Waals surface area contributed by atoms with Crippen LogP contribution in [0.2, 0.25) is 0 Å². The number of carbonyl (C=O) groups is 1. The molecule has 2 rings (SSSR count). The molecule has 0 aromatic heterocycles. The number of rotatable bonds is 6. The minimum absolute atomic E-state index is 0.204. The zero-order valence-electron chi connectivity index (χ0n) is 12.7. The second kappa shape index (κ2) is 8.24. The summed E-state index contributed by atoms with van der Waals surface area (Å²) < 4.78 is 31.3. The van der Waals surface area contributed by atoms with E-state index in [4.69, 9.17) is 4.74 Å². The molecule has 0 fully saturated rings. The fourth-order valence-electron chi connectivity index (χ4n) is 2.08. The lowest BCUT2D eigenvalue weighted by atomic mass is 10.1. The quantitative estimate of drug-likeness (QED) is 0.859. The summed E-state index contributed by atoms with van der Waals surface area (Å²) in [6.45, 7) is 0.485. The van der Waals surface area contributed by atoms with Crippen molar-refractivity contribution in [2.45, 2.75) is 12.6 Å². The predicted molar refractivity (Wildman–Crippen MR) is 82.8 cm³/mol. The van der Waals surface area contributed by atoms with Crippen LogP contribution in [0.5, 0.6) is 0 Å². The maximum Gasteiger partial charge on any atom is 0.315 e. The van der Waals surface area contributed by atoms with Crippen molar-refractivity contribution in [1.82, 2.24) is 10.6 Å². The van der Waals surface area contributed by atoms with Crippen molar-refractivity contribution in [3.05, 3.63) is 71.3 Å². The van der Waals surface area contributed by atoms with Gasteiger partial charge in [0.15, 0.2) is 0 Å². The molecule has 0 radical (unpaired) electrons. The molecule has 0 aliphatic rings. The Morgan fingerprint density at radius 3 is 2.48 bits per heavy atom. The van der Waals surface area contributed by atoms with Gasteiger partial charge in [-0.25, -0.2) is 13.6 Å². The molecule has 1 unspecified atom stereocenters. The first-order valence-electron chi connectivity index (χ1n) is 7.13. The molecule has 0 spiro atoms. The highest BCUT2D eigenvalue weighted by Crippen LogP contribution is 2.16. The highest BCUT2D eigenvalue weighted by atomic mass is 19.1. The summed E-state index contributed by atoms with van der Waals surface area (Å²) in [5, 5.41) is 5.32. The molecule has 0 saturated heterocycles. The van der Waals surface area contributed by atoms with E-state index in [0.717, 1.165) is 5.56 Å². The van der Waals surface area contributed by atoms with Gasteiger partial charge in [0.2, 0.25) is 0 Å². The summed E-state index contributed by atoms with van der Waals surface area (Å²) >= 11 is 0. The van der Waals surface area contributed by atoms with Crippen molar-refractivity contribution in [2.75, 3.05) is 13.7 Å².